The number of fused-ring (bicyclic) bond motifs is 2. The lowest BCUT2D eigenvalue weighted by Crippen LogP contribution is -2.37. The molecule has 0 radical (unpaired) electrons. The van der Waals surface area contributed by atoms with Crippen LogP contribution in [0, 0.1) is 0 Å². The predicted molar refractivity (Wildman–Crippen MR) is 84.5 cm³/mol. The number of hydrogen-bond donors (Lipinski definition) is 0. The average molecular weight is 312 g/mol. The van der Waals surface area contributed by atoms with E-state index in [1.165, 1.54) is 5.56 Å². The van der Waals surface area contributed by atoms with E-state index in [1.54, 1.807) is 11.9 Å². The molecule has 0 bridgehead atoms. The minimum atomic E-state index is -0.0785. The Kier molecular flexibility index (Phi) is 3.52. The number of aromatic nitrogens is 3. The van der Waals surface area contributed by atoms with Crippen molar-refractivity contribution in [1.29, 1.82) is 0 Å². The molecule has 2 aromatic rings. The smallest absolute Gasteiger partial charge is 0.291 e. The van der Waals surface area contributed by atoms with Gasteiger partial charge in [-0.05, 0) is 24.5 Å². The van der Waals surface area contributed by atoms with Crippen LogP contribution in [0.25, 0.3) is 0 Å². The Bertz CT molecular complexity index is 715. The molecule has 0 aliphatic carbocycles. The second-order valence-corrected chi connectivity index (χ2v) is 6.29. The number of carbonyl (C=O) groups excluding carboxylic acids is 1. The van der Waals surface area contributed by atoms with Crippen molar-refractivity contribution in [1.82, 2.24) is 19.7 Å². The van der Waals surface area contributed by atoms with E-state index in [9.17, 15) is 4.79 Å². The molecule has 0 saturated carbocycles. The zero-order valence-corrected chi connectivity index (χ0v) is 13.2. The summed E-state index contributed by atoms with van der Waals surface area (Å²) in [6.07, 6.45) is 3.95. The molecule has 1 aromatic carbocycles. The van der Waals surface area contributed by atoms with Crippen molar-refractivity contribution in [2.45, 2.75) is 38.3 Å². The summed E-state index contributed by atoms with van der Waals surface area (Å²) in [4.78, 5) is 14.4. The number of aryl methyl sites for hydroxylation is 1. The number of nitrogens with zero attached hydrogens (tertiary/aromatic N) is 4. The number of ether oxygens (including phenoxy) is 1. The van der Waals surface area contributed by atoms with Crippen molar-refractivity contribution in [3.63, 3.8) is 0 Å². The van der Waals surface area contributed by atoms with Crippen LogP contribution in [0.15, 0.2) is 24.3 Å². The summed E-state index contributed by atoms with van der Waals surface area (Å²) in [6, 6.07) is 8.04. The first-order valence-corrected chi connectivity index (χ1v) is 8.14. The van der Waals surface area contributed by atoms with E-state index >= 15 is 0 Å². The Balaban J connectivity index is 1.45. The van der Waals surface area contributed by atoms with E-state index in [4.69, 9.17) is 4.74 Å². The Morgan fingerprint density at radius 1 is 1.35 bits per heavy atom. The monoisotopic (exact) mass is 312 g/mol. The molecule has 2 aliphatic heterocycles. The normalized spacial score (nSPS) is 18.9. The molecule has 3 heterocycles. The van der Waals surface area contributed by atoms with Gasteiger partial charge in [-0.15, -0.1) is 10.2 Å². The third kappa shape index (κ3) is 2.58. The zero-order chi connectivity index (χ0) is 15.8. The highest BCUT2D eigenvalue weighted by molar-refractivity contribution is 5.90. The van der Waals surface area contributed by atoms with Gasteiger partial charge in [0.2, 0.25) is 5.82 Å². The van der Waals surface area contributed by atoms with Crippen molar-refractivity contribution in [3.8, 4) is 5.75 Å². The SMILES string of the molecule is CN(C[C@H]1Cc2ccccc2O1)C(=O)c1nnc2n1CCCC2. The quantitative estimate of drug-likeness (QED) is 0.865. The number of benzene rings is 1. The van der Waals surface area contributed by atoms with Crippen LogP contribution in [-0.4, -0.2) is 45.3 Å². The third-order valence-electron chi connectivity index (χ3n) is 4.59. The van der Waals surface area contributed by atoms with Gasteiger partial charge in [-0.2, -0.15) is 0 Å². The molecule has 0 N–H and O–H groups in total. The van der Waals surface area contributed by atoms with Crippen molar-refractivity contribution in [2.24, 2.45) is 0 Å². The highest BCUT2D eigenvalue weighted by Gasteiger charge is 2.28. The molecule has 0 saturated heterocycles. The van der Waals surface area contributed by atoms with Crippen LogP contribution in [0.1, 0.15) is 34.8 Å². The van der Waals surface area contributed by atoms with Crippen molar-refractivity contribution in [3.05, 3.63) is 41.5 Å². The maximum Gasteiger partial charge on any atom is 0.291 e. The van der Waals surface area contributed by atoms with Crippen LogP contribution < -0.4 is 4.74 Å². The number of carbonyl (C=O) groups is 1. The number of para-hydroxylation sites is 1. The number of likely N-dealkylation sites (N-methyl/N-ethyl adjacent to an activating group) is 1. The molecule has 1 aromatic heterocycles. The van der Waals surface area contributed by atoms with Crippen LogP contribution in [0.4, 0.5) is 0 Å². The fourth-order valence-corrected chi connectivity index (χ4v) is 3.38. The van der Waals surface area contributed by atoms with Gasteiger partial charge in [-0.3, -0.25) is 4.79 Å². The molecule has 0 spiro atoms. The van der Waals surface area contributed by atoms with Gasteiger partial charge in [0.15, 0.2) is 0 Å². The molecule has 0 unspecified atom stereocenters. The number of rotatable bonds is 3. The van der Waals surface area contributed by atoms with Gasteiger partial charge in [-0.1, -0.05) is 18.2 Å². The van der Waals surface area contributed by atoms with Gasteiger partial charge >= 0.3 is 0 Å². The molecule has 120 valence electrons. The first-order valence-electron chi connectivity index (χ1n) is 8.14. The summed E-state index contributed by atoms with van der Waals surface area (Å²) in [5, 5.41) is 8.27. The lowest BCUT2D eigenvalue weighted by Gasteiger charge is -2.22. The van der Waals surface area contributed by atoms with E-state index < -0.39 is 0 Å². The lowest BCUT2D eigenvalue weighted by atomic mass is 10.1. The van der Waals surface area contributed by atoms with Crippen LogP contribution in [0.3, 0.4) is 0 Å². The second-order valence-electron chi connectivity index (χ2n) is 6.29. The van der Waals surface area contributed by atoms with Crippen molar-refractivity contribution in [2.75, 3.05) is 13.6 Å². The van der Waals surface area contributed by atoms with Crippen LogP contribution in [-0.2, 0) is 19.4 Å². The summed E-state index contributed by atoms with van der Waals surface area (Å²) < 4.78 is 7.89. The van der Waals surface area contributed by atoms with Gasteiger partial charge in [0.25, 0.3) is 5.91 Å². The topological polar surface area (TPSA) is 60.2 Å². The van der Waals surface area contributed by atoms with Gasteiger partial charge < -0.3 is 14.2 Å². The van der Waals surface area contributed by atoms with E-state index in [2.05, 4.69) is 16.3 Å². The second kappa shape index (κ2) is 5.68. The Hall–Kier alpha value is -2.37. The number of amides is 1. The maximum absolute atomic E-state index is 12.7. The highest BCUT2D eigenvalue weighted by atomic mass is 16.5. The predicted octanol–water partition coefficient (Wildman–Crippen LogP) is 1.69. The molecule has 4 rings (SSSR count). The summed E-state index contributed by atoms with van der Waals surface area (Å²) in [7, 11) is 1.80. The molecule has 6 heteroatoms. The molecule has 2 aliphatic rings. The summed E-state index contributed by atoms with van der Waals surface area (Å²) in [5.41, 5.74) is 1.21. The fraction of sp³-hybridized carbons (Fsp3) is 0.471. The lowest BCUT2D eigenvalue weighted by molar-refractivity contribution is 0.0712. The van der Waals surface area contributed by atoms with Gasteiger partial charge in [0.05, 0.1) is 6.54 Å². The minimum absolute atomic E-state index is 0.00472. The standard InChI is InChI=1S/C17H20N4O2/c1-20(11-13-10-12-6-2-3-7-14(12)23-13)17(22)16-19-18-15-8-4-5-9-21(15)16/h2-3,6-7,13H,4-5,8-11H2,1H3/t13-/m1/s1. The Morgan fingerprint density at radius 3 is 3.09 bits per heavy atom. The Labute approximate surface area is 135 Å². The average Bonchev–Trinajstić information content (AvgIpc) is 3.17. The van der Waals surface area contributed by atoms with E-state index in [0.29, 0.717) is 12.4 Å². The summed E-state index contributed by atoms with van der Waals surface area (Å²) >= 11 is 0. The molecular formula is C17H20N4O2. The number of hydrogen-bond acceptors (Lipinski definition) is 4. The van der Waals surface area contributed by atoms with Gasteiger partial charge in [0, 0.05) is 26.4 Å². The molecule has 6 nitrogen and oxygen atoms in total. The summed E-state index contributed by atoms with van der Waals surface area (Å²) in [5.74, 6) is 2.23. The molecule has 23 heavy (non-hydrogen) atoms. The molecule has 1 amide bonds. The maximum atomic E-state index is 12.7. The van der Waals surface area contributed by atoms with Crippen LogP contribution >= 0.6 is 0 Å². The highest BCUT2D eigenvalue weighted by Crippen LogP contribution is 2.28. The van der Waals surface area contributed by atoms with E-state index in [1.807, 2.05) is 22.8 Å². The van der Waals surface area contributed by atoms with Crippen molar-refractivity contribution >= 4 is 5.91 Å². The first kappa shape index (κ1) is 14.2. The van der Waals surface area contributed by atoms with Gasteiger partial charge in [-0.25, -0.2) is 0 Å². The first-order chi connectivity index (χ1) is 11.2. The third-order valence-corrected chi connectivity index (χ3v) is 4.59. The largest absolute Gasteiger partial charge is 0.488 e. The zero-order valence-electron chi connectivity index (χ0n) is 13.2. The fourth-order valence-electron chi connectivity index (χ4n) is 3.38. The van der Waals surface area contributed by atoms with Crippen LogP contribution in [0.2, 0.25) is 0 Å². The van der Waals surface area contributed by atoms with Crippen LogP contribution in [0.5, 0.6) is 5.75 Å². The van der Waals surface area contributed by atoms with Gasteiger partial charge in [0.1, 0.15) is 17.7 Å². The molecular weight excluding hydrogens is 292 g/mol. The van der Waals surface area contributed by atoms with E-state index in [-0.39, 0.29) is 12.0 Å². The van der Waals surface area contributed by atoms with Crippen molar-refractivity contribution < 1.29 is 9.53 Å². The summed E-state index contributed by atoms with van der Waals surface area (Å²) in [6.45, 7) is 1.39. The molecule has 1 atom stereocenters. The minimum Gasteiger partial charge on any atom is -0.488 e. The molecule has 0 fully saturated rings. The Morgan fingerprint density at radius 2 is 2.22 bits per heavy atom. The van der Waals surface area contributed by atoms with E-state index in [0.717, 1.165) is 43.8 Å².